The SMILES string of the molecule is O=C(Cc1ccccc1Nc1c(Cl)cccc1Cl)NCCCCO[N+](=O)[O-]. The first kappa shape index (κ1) is 20.8. The van der Waals surface area contributed by atoms with Gasteiger partial charge in [-0.1, -0.05) is 47.5 Å². The zero-order chi connectivity index (χ0) is 19.6. The molecular weight excluding hydrogens is 393 g/mol. The third kappa shape index (κ3) is 6.96. The van der Waals surface area contributed by atoms with Gasteiger partial charge in [0.15, 0.2) is 0 Å². The third-order valence-electron chi connectivity index (χ3n) is 3.68. The lowest BCUT2D eigenvalue weighted by Gasteiger charge is -2.14. The molecule has 2 aromatic rings. The van der Waals surface area contributed by atoms with Crippen molar-refractivity contribution in [3.05, 3.63) is 68.2 Å². The van der Waals surface area contributed by atoms with E-state index in [1.165, 1.54) is 0 Å². The van der Waals surface area contributed by atoms with Crippen molar-refractivity contribution in [2.24, 2.45) is 0 Å². The van der Waals surface area contributed by atoms with E-state index >= 15 is 0 Å². The van der Waals surface area contributed by atoms with Crippen LogP contribution in [0.3, 0.4) is 0 Å². The predicted octanol–water partition coefficient (Wildman–Crippen LogP) is 4.38. The fourth-order valence-corrected chi connectivity index (χ4v) is 2.87. The summed E-state index contributed by atoms with van der Waals surface area (Å²) in [5, 5.41) is 16.2. The van der Waals surface area contributed by atoms with Gasteiger partial charge >= 0.3 is 0 Å². The highest BCUT2D eigenvalue weighted by Gasteiger charge is 2.11. The lowest BCUT2D eigenvalue weighted by Crippen LogP contribution is -2.26. The first-order valence-electron chi connectivity index (χ1n) is 8.30. The van der Waals surface area contributed by atoms with Crippen molar-refractivity contribution < 1.29 is 14.7 Å². The Balaban J connectivity index is 1.90. The van der Waals surface area contributed by atoms with E-state index < -0.39 is 5.09 Å². The summed E-state index contributed by atoms with van der Waals surface area (Å²) in [5.74, 6) is -0.148. The molecule has 9 heteroatoms. The highest BCUT2D eigenvalue weighted by atomic mass is 35.5. The van der Waals surface area contributed by atoms with Gasteiger partial charge in [0.05, 0.1) is 28.8 Å². The van der Waals surface area contributed by atoms with Crippen LogP contribution in [0.2, 0.25) is 10.0 Å². The van der Waals surface area contributed by atoms with Crippen LogP contribution in [-0.2, 0) is 16.1 Å². The number of carbonyl (C=O) groups is 1. The molecule has 0 heterocycles. The van der Waals surface area contributed by atoms with Crippen LogP contribution in [0.1, 0.15) is 18.4 Å². The van der Waals surface area contributed by atoms with Crippen molar-refractivity contribution in [2.45, 2.75) is 19.3 Å². The number of anilines is 2. The summed E-state index contributed by atoms with van der Waals surface area (Å²) in [6, 6.07) is 12.6. The lowest BCUT2D eigenvalue weighted by atomic mass is 10.1. The van der Waals surface area contributed by atoms with Gasteiger partial charge in [-0.3, -0.25) is 4.79 Å². The minimum atomic E-state index is -0.826. The quantitative estimate of drug-likeness (QED) is 0.343. The minimum absolute atomic E-state index is 0.0220. The lowest BCUT2D eigenvalue weighted by molar-refractivity contribution is -0.757. The molecule has 0 saturated carbocycles. The molecule has 2 rings (SSSR count). The predicted molar refractivity (Wildman–Crippen MR) is 105 cm³/mol. The van der Waals surface area contributed by atoms with E-state index in [1.54, 1.807) is 18.2 Å². The van der Waals surface area contributed by atoms with Crippen LogP contribution in [0.25, 0.3) is 0 Å². The summed E-state index contributed by atoms with van der Waals surface area (Å²) in [4.78, 5) is 26.4. The number of hydrogen-bond donors (Lipinski definition) is 2. The Hall–Kier alpha value is -2.51. The molecule has 0 aliphatic rings. The van der Waals surface area contributed by atoms with Crippen molar-refractivity contribution in [1.82, 2.24) is 5.32 Å². The van der Waals surface area contributed by atoms with E-state index in [9.17, 15) is 14.9 Å². The molecule has 0 spiro atoms. The van der Waals surface area contributed by atoms with Crippen LogP contribution >= 0.6 is 23.2 Å². The molecule has 1 amide bonds. The van der Waals surface area contributed by atoms with Crippen molar-refractivity contribution in [3.63, 3.8) is 0 Å². The van der Waals surface area contributed by atoms with E-state index in [-0.39, 0.29) is 18.9 Å². The van der Waals surface area contributed by atoms with Gasteiger partial charge in [-0.2, -0.15) is 0 Å². The zero-order valence-corrected chi connectivity index (χ0v) is 15.9. The van der Waals surface area contributed by atoms with E-state index in [1.807, 2.05) is 24.3 Å². The fourth-order valence-electron chi connectivity index (χ4n) is 2.38. The van der Waals surface area contributed by atoms with E-state index in [2.05, 4.69) is 15.5 Å². The van der Waals surface area contributed by atoms with Crippen LogP contribution < -0.4 is 10.6 Å². The Morgan fingerprint density at radius 2 is 1.78 bits per heavy atom. The Morgan fingerprint density at radius 1 is 1.07 bits per heavy atom. The molecule has 7 nitrogen and oxygen atoms in total. The Morgan fingerprint density at radius 3 is 2.48 bits per heavy atom. The molecule has 0 fully saturated rings. The van der Waals surface area contributed by atoms with Crippen molar-refractivity contribution in [1.29, 1.82) is 0 Å². The van der Waals surface area contributed by atoms with Crippen LogP contribution in [-0.4, -0.2) is 24.1 Å². The summed E-state index contributed by atoms with van der Waals surface area (Å²) in [5.41, 5.74) is 2.11. The smallest absolute Gasteiger partial charge is 0.294 e. The molecule has 144 valence electrons. The number of para-hydroxylation sites is 2. The number of rotatable bonds is 10. The van der Waals surface area contributed by atoms with Crippen molar-refractivity contribution in [3.8, 4) is 0 Å². The largest absolute Gasteiger partial charge is 0.356 e. The monoisotopic (exact) mass is 411 g/mol. The number of unbranched alkanes of at least 4 members (excludes halogenated alkanes) is 1. The number of nitrogens with zero attached hydrogens (tertiary/aromatic N) is 1. The van der Waals surface area contributed by atoms with Gasteiger partial charge in [-0.05, 0) is 36.6 Å². The van der Waals surface area contributed by atoms with Crippen molar-refractivity contribution in [2.75, 3.05) is 18.5 Å². The number of nitrogens with one attached hydrogen (secondary N) is 2. The number of carbonyl (C=O) groups excluding carboxylic acids is 1. The Bertz CT molecular complexity index is 782. The highest BCUT2D eigenvalue weighted by molar-refractivity contribution is 6.39. The van der Waals surface area contributed by atoms with Gasteiger partial charge < -0.3 is 15.5 Å². The second-order valence-corrected chi connectivity index (χ2v) is 6.48. The van der Waals surface area contributed by atoms with Gasteiger partial charge in [0.2, 0.25) is 5.91 Å². The molecule has 0 bridgehead atoms. The maximum atomic E-state index is 12.2. The summed E-state index contributed by atoms with van der Waals surface area (Å²) < 4.78 is 0. The molecule has 27 heavy (non-hydrogen) atoms. The molecule has 2 N–H and O–H groups in total. The number of amides is 1. The second kappa shape index (κ2) is 10.6. The van der Waals surface area contributed by atoms with Gasteiger partial charge in [0.25, 0.3) is 5.09 Å². The molecule has 2 aromatic carbocycles. The van der Waals surface area contributed by atoms with Crippen LogP contribution in [0.5, 0.6) is 0 Å². The normalized spacial score (nSPS) is 10.3. The fraction of sp³-hybridized carbons (Fsp3) is 0.278. The number of hydrogen-bond acceptors (Lipinski definition) is 5. The zero-order valence-electron chi connectivity index (χ0n) is 14.4. The second-order valence-electron chi connectivity index (χ2n) is 5.67. The van der Waals surface area contributed by atoms with E-state index in [4.69, 9.17) is 23.2 Å². The Labute approximate surface area is 166 Å². The van der Waals surface area contributed by atoms with Crippen LogP contribution in [0.4, 0.5) is 11.4 Å². The summed E-state index contributed by atoms with van der Waals surface area (Å²) in [6.07, 6.45) is 1.26. The first-order chi connectivity index (χ1) is 13.0. The maximum absolute atomic E-state index is 12.2. The highest BCUT2D eigenvalue weighted by Crippen LogP contribution is 2.33. The number of halogens is 2. The summed E-state index contributed by atoms with van der Waals surface area (Å²) in [6.45, 7) is 0.445. The standard InChI is InChI=1S/C18H19Cl2N3O4/c19-14-7-5-8-15(20)18(14)22-16-9-2-1-6-13(16)12-17(24)21-10-3-4-11-27-23(25)26/h1-2,5-9,22H,3-4,10-12H2,(H,21,24). The van der Waals surface area contributed by atoms with Crippen LogP contribution in [0, 0.1) is 10.1 Å². The molecule has 0 atom stereocenters. The average Bonchev–Trinajstić information content (AvgIpc) is 2.62. The van der Waals surface area contributed by atoms with Gasteiger partial charge in [0, 0.05) is 12.2 Å². The van der Waals surface area contributed by atoms with E-state index in [0.717, 1.165) is 11.3 Å². The molecule has 0 aromatic heterocycles. The molecule has 0 aliphatic carbocycles. The van der Waals surface area contributed by atoms with Crippen LogP contribution in [0.15, 0.2) is 42.5 Å². The molecular formula is C18H19Cl2N3O4. The third-order valence-corrected chi connectivity index (χ3v) is 4.31. The summed E-state index contributed by atoms with van der Waals surface area (Å²) in [7, 11) is 0. The Kier molecular flexibility index (Phi) is 8.16. The molecule has 0 aliphatic heterocycles. The van der Waals surface area contributed by atoms with E-state index in [0.29, 0.717) is 35.1 Å². The molecule has 0 unspecified atom stereocenters. The topological polar surface area (TPSA) is 93.5 Å². The molecule has 0 radical (unpaired) electrons. The number of benzene rings is 2. The summed E-state index contributed by atoms with van der Waals surface area (Å²) >= 11 is 12.4. The van der Waals surface area contributed by atoms with Gasteiger partial charge in [-0.25, -0.2) is 0 Å². The maximum Gasteiger partial charge on any atom is 0.294 e. The first-order valence-corrected chi connectivity index (χ1v) is 9.06. The van der Waals surface area contributed by atoms with Gasteiger partial charge in [0.1, 0.15) is 0 Å². The molecule has 0 saturated heterocycles. The van der Waals surface area contributed by atoms with Gasteiger partial charge in [-0.15, -0.1) is 10.1 Å². The van der Waals surface area contributed by atoms with Crippen molar-refractivity contribution >= 4 is 40.5 Å². The minimum Gasteiger partial charge on any atom is -0.356 e. The average molecular weight is 412 g/mol.